The van der Waals surface area contributed by atoms with Crippen LogP contribution in [0.15, 0.2) is 18.3 Å². The Morgan fingerprint density at radius 3 is 2.54 bits per heavy atom. The van der Waals surface area contributed by atoms with Crippen LogP contribution in [0.4, 0.5) is 0 Å². The van der Waals surface area contributed by atoms with Crippen molar-refractivity contribution in [1.82, 2.24) is 14.8 Å². The number of nitrogens with zero attached hydrogens (tertiary/aromatic N) is 2. The minimum absolute atomic E-state index is 0.223. The van der Waals surface area contributed by atoms with E-state index in [-0.39, 0.29) is 5.92 Å². The van der Waals surface area contributed by atoms with Crippen LogP contribution in [-0.2, 0) is 7.05 Å². The molecule has 0 radical (unpaired) electrons. The molecule has 0 bridgehead atoms. The number of hydrogen-bond donors (Lipinski definition) is 4. The molecule has 1 aliphatic rings. The number of hydrogen-bond acceptors (Lipinski definition) is 4. The normalized spacial score (nSPS) is 18.5. The molecule has 7 nitrogen and oxygen atoms in total. The van der Waals surface area contributed by atoms with Gasteiger partial charge in [0.15, 0.2) is 0 Å². The summed E-state index contributed by atoms with van der Waals surface area (Å²) < 4.78 is 21.7. The Balaban J connectivity index is 1.88. The van der Waals surface area contributed by atoms with E-state index in [0.717, 1.165) is 51.8 Å². The molecular weight excluding hydrogens is 376 g/mol. The summed E-state index contributed by atoms with van der Waals surface area (Å²) in [4.78, 5) is 15.4. The number of aromatic nitrogens is 3. The third kappa shape index (κ3) is 3.11. The minimum atomic E-state index is -2.44. The lowest BCUT2D eigenvalue weighted by Gasteiger charge is -2.39. The Labute approximate surface area is 165 Å². The number of primary amides is 1. The summed E-state index contributed by atoms with van der Waals surface area (Å²) in [6, 6.07) is 3.93. The van der Waals surface area contributed by atoms with Crippen LogP contribution in [-0.4, -0.2) is 41.3 Å². The molecule has 150 valence electrons. The first-order chi connectivity index (χ1) is 13.2. The van der Waals surface area contributed by atoms with Crippen molar-refractivity contribution >= 4 is 27.4 Å². The van der Waals surface area contributed by atoms with Crippen LogP contribution >= 0.6 is 10.6 Å². The molecule has 0 atom stereocenters. The number of carbonyl (C=O) groups excluding carboxylic acids is 1. The predicted octanol–water partition coefficient (Wildman–Crippen LogP) is 3.91. The van der Waals surface area contributed by atoms with Crippen LogP contribution in [0.5, 0.6) is 0 Å². The maximum absolute atomic E-state index is 12.2. The van der Waals surface area contributed by atoms with Crippen molar-refractivity contribution in [2.24, 2.45) is 12.8 Å². The molecule has 3 heterocycles. The van der Waals surface area contributed by atoms with E-state index >= 15 is 0 Å². The van der Waals surface area contributed by atoms with Crippen molar-refractivity contribution < 1.29 is 13.9 Å². The van der Waals surface area contributed by atoms with E-state index in [2.05, 4.69) is 16.1 Å². The van der Waals surface area contributed by atoms with E-state index in [1.54, 1.807) is 0 Å². The van der Waals surface area contributed by atoms with Gasteiger partial charge in [0.25, 0.3) is 5.91 Å². The summed E-state index contributed by atoms with van der Waals surface area (Å²) in [5.74, 6) is 0.596. The fourth-order valence-electron chi connectivity index (χ4n) is 4.34. The Bertz CT molecular complexity index is 1070. The molecule has 0 unspecified atom stereocenters. The van der Waals surface area contributed by atoms with Crippen molar-refractivity contribution in [1.29, 1.82) is 0 Å². The van der Waals surface area contributed by atoms with Crippen LogP contribution in [0.2, 0.25) is 0 Å². The second-order valence-corrected chi connectivity index (χ2v) is 10.1. The molecular formula is C20H26N4O3S. The van der Waals surface area contributed by atoms with E-state index in [1.807, 2.05) is 37.8 Å². The maximum atomic E-state index is 12.2. The van der Waals surface area contributed by atoms with E-state index < -0.39 is 16.5 Å². The number of benzene rings is 1. The largest absolute Gasteiger partial charge is 0.366 e. The topological polar surface area (TPSA) is 117 Å². The molecule has 4 rings (SSSR count). The lowest BCUT2D eigenvalue weighted by molar-refractivity contribution is 0.100. The van der Waals surface area contributed by atoms with E-state index in [9.17, 15) is 13.9 Å². The molecule has 0 spiro atoms. The lowest BCUT2D eigenvalue weighted by atomic mass is 9.90. The number of aryl methyl sites for hydroxylation is 2. The monoisotopic (exact) mass is 402 g/mol. The van der Waals surface area contributed by atoms with Crippen molar-refractivity contribution in [3.8, 4) is 11.1 Å². The predicted molar refractivity (Wildman–Crippen MR) is 113 cm³/mol. The molecule has 1 fully saturated rings. The minimum Gasteiger partial charge on any atom is -0.366 e. The second-order valence-electron chi connectivity index (χ2n) is 7.71. The number of amides is 1. The highest BCUT2D eigenvalue weighted by molar-refractivity contribution is 8.24. The zero-order valence-corrected chi connectivity index (χ0v) is 17.1. The number of carbonyl (C=O) groups is 1. The third-order valence-electron chi connectivity index (χ3n) is 5.91. The van der Waals surface area contributed by atoms with Gasteiger partial charge in [-0.3, -0.25) is 18.6 Å². The number of nitrogens with one attached hydrogen (secondary N) is 1. The van der Waals surface area contributed by atoms with E-state index in [0.29, 0.717) is 17.1 Å². The van der Waals surface area contributed by atoms with Gasteiger partial charge in [-0.2, -0.15) is 15.7 Å². The average Bonchev–Trinajstić information content (AvgIpc) is 3.15. The Kier molecular flexibility index (Phi) is 4.52. The summed E-state index contributed by atoms with van der Waals surface area (Å²) in [6.07, 6.45) is 3.37. The van der Waals surface area contributed by atoms with Crippen LogP contribution in [0.3, 0.4) is 0 Å². The van der Waals surface area contributed by atoms with Gasteiger partial charge in [-0.15, -0.1) is 0 Å². The first-order valence-corrected chi connectivity index (χ1v) is 11.3. The first-order valence-electron chi connectivity index (χ1n) is 9.37. The quantitative estimate of drug-likeness (QED) is 0.531. The Hall–Kier alpha value is -2.29. The van der Waals surface area contributed by atoms with Crippen molar-refractivity contribution in [3.05, 3.63) is 40.8 Å². The molecule has 0 saturated carbocycles. The first kappa shape index (κ1) is 19.0. The average molecular weight is 403 g/mol. The molecule has 1 saturated heterocycles. The SMILES string of the molecule is Cc1nn(C)c(C)c1-c1cc(C(N)=O)c2[nH]cc(C3CCS(O)(O)CC3)c2c1. The molecule has 1 aromatic carbocycles. The van der Waals surface area contributed by atoms with Gasteiger partial charge in [0, 0.05) is 41.4 Å². The number of fused-ring (bicyclic) bond motifs is 1. The van der Waals surface area contributed by atoms with Gasteiger partial charge in [0.05, 0.1) is 16.8 Å². The molecule has 28 heavy (non-hydrogen) atoms. The van der Waals surface area contributed by atoms with E-state index in [4.69, 9.17) is 5.73 Å². The molecule has 5 N–H and O–H groups in total. The lowest BCUT2D eigenvalue weighted by Crippen LogP contribution is -2.19. The van der Waals surface area contributed by atoms with Crippen molar-refractivity contribution in [2.45, 2.75) is 32.6 Å². The number of H-pyrrole nitrogens is 1. The highest BCUT2D eigenvalue weighted by Gasteiger charge is 2.28. The molecule has 3 aromatic rings. The number of aromatic amines is 1. The smallest absolute Gasteiger partial charge is 0.250 e. The van der Waals surface area contributed by atoms with Gasteiger partial charge >= 0.3 is 0 Å². The van der Waals surface area contributed by atoms with Gasteiger partial charge in [0.1, 0.15) is 0 Å². The summed E-state index contributed by atoms with van der Waals surface area (Å²) >= 11 is 0. The van der Waals surface area contributed by atoms with Gasteiger partial charge in [-0.05, 0) is 55.9 Å². The summed E-state index contributed by atoms with van der Waals surface area (Å²) in [7, 11) is -0.532. The molecule has 0 aliphatic carbocycles. The zero-order chi connectivity index (χ0) is 20.2. The maximum Gasteiger partial charge on any atom is 0.250 e. The molecule has 1 amide bonds. The highest BCUT2D eigenvalue weighted by atomic mass is 32.3. The Morgan fingerprint density at radius 1 is 1.29 bits per heavy atom. The number of rotatable bonds is 3. The highest BCUT2D eigenvalue weighted by Crippen LogP contribution is 2.49. The Morgan fingerprint density at radius 2 is 1.96 bits per heavy atom. The van der Waals surface area contributed by atoms with Crippen LogP contribution in [0.1, 0.15) is 46.1 Å². The van der Waals surface area contributed by atoms with Gasteiger partial charge in [-0.25, -0.2) is 0 Å². The summed E-state index contributed by atoms with van der Waals surface area (Å²) in [5, 5.41) is 5.47. The molecule has 2 aromatic heterocycles. The van der Waals surface area contributed by atoms with E-state index in [1.165, 1.54) is 0 Å². The number of nitrogens with two attached hydrogens (primary N) is 1. The van der Waals surface area contributed by atoms with Crippen molar-refractivity contribution in [2.75, 3.05) is 11.5 Å². The van der Waals surface area contributed by atoms with Gasteiger partial charge in [-0.1, -0.05) is 0 Å². The van der Waals surface area contributed by atoms with Crippen LogP contribution in [0, 0.1) is 13.8 Å². The van der Waals surface area contributed by atoms with Crippen LogP contribution < -0.4 is 5.73 Å². The third-order valence-corrected chi connectivity index (χ3v) is 7.69. The van der Waals surface area contributed by atoms with Gasteiger partial charge < -0.3 is 10.7 Å². The molecule has 8 heteroatoms. The van der Waals surface area contributed by atoms with Crippen LogP contribution in [0.25, 0.3) is 22.0 Å². The standard InChI is InChI=1S/C20H26N4O3S/c1-11-18(12(2)24(3)23-11)14-8-15-17(13-4-6-28(26,27)7-5-13)10-22-19(15)16(9-14)20(21)25/h8-10,13,22,26-27H,4-7H2,1-3H3,(H2,21,25). The second kappa shape index (κ2) is 6.65. The van der Waals surface area contributed by atoms with Crippen molar-refractivity contribution in [3.63, 3.8) is 0 Å². The molecule has 1 aliphatic heterocycles. The zero-order valence-electron chi connectivity index (χ0n) is 16.3. The fraction of sp³-hybridized carbons (Fsp3) is 0.400. The fourth-order valence-corrected chi connectivity index (χ4v) is 5.87. The summed E-state index contributed by atoms with van der Waals surface area (Å²) in [6.45, 7) is 3.97. The summed E-state index contributed by atoms with van der Waals surface area (Å²) in [5.41, 5.74) is 11.9. The van der Waals surface area contributed by atoms with Gasteiger partial charge in [0.2, 0.25) is 0 Å².